The van der Waals surface area contributed by atoms with Gasteiger partial charge in [-0.2, -0.15) is 0 Å². The van der Waals surface area contributed by atoms with Gasteiger partial charge in [0, 0.05) is 0 Å². The van der Waals surface area contributed by atoms with E-state index in [2.05, 4.69) is 0 Å². The Morgan fingerprint density at radius 3 is 2.50 bits per heavy atom. The quantitative estimate of drug-likeness (QED) is 0.461. The Labute approximate surface area is 91.1 Å². The minimum atomic E-state index is -0.687. The topological polar surface area (TPSA) is 29.3 Å². The fourth-order valence-electron chi connectivity index (χ4n) is 1.23. The highest BCUT2D eigenvalue weighted by Gasteiger charge is 2.14. The van der Waals surface area contributed by atoms with Crippen molar-refractivity contribution in [2.75, 3.05) is 4.41 Å². The van der Waals surface area contributed by atoms with Gasteiger partial charge in [-0.05, 0) is 23.6 Å². The third kappa shape index (κ3) is 1.80. The largest absolute Gasteiger partial charge is 0.267 e. The first kappa shape index (κ1) is 9.65. The second-order valence-corrected chi connectivity index (χ2v) is 5.43. The summed E-state index contributed by atoms with van der Waals surface area (Å²) in [5.74, 6) is 5.98. The normalized spacial score (nSPS) is 22.1. The van der Waals surface area contributed by atoms with Crippen LogP contribution in [0, 0.1) is 0 Å². The lowest BCUT2D eigenvalue weighted by Gasteiger charge is -2.27. The number of hydrazine groups is 1. The zero-order valence-corrected chi connectivity index (χ0v) is 9.12. The number of halogens is 1. The molecular formula is C10H11ClN2S. The number of rotatable bonds is 2. The molecular weight excluding hydrogens is 216 g/mol. The predicted molar refractivity (Wildman–Crippen MR) is 65.2 cm³/mol. The maximum absolute atomic E-state index is 6.03. The van der Waals surface area contributed by atoms with Gasteiger partial charge in [-0.15, -0.1) is 11.1 Å². The third-order valence-electron chi connectivity index (χ3n) is 1.93. The molecule has 0 aliphatic carbocycles. The van der Waals surface area contributed by atoms with Crippen molar-refractivity contribution in [2.24, 2.45) is 5.84 Å². The van der Waals surface area contributed by atoms with E-state index in [1.165, 1.54) is 0 Å². The van der Waals surface area contributed by atoms with Gasteiger partial charge in [-0.25, -0.2) is 5.84 Å². The van der Waals surface area contributed by atoms with Crippen molar-refractivity contribution >= 4 is 28.4 Å². The van der Waals surface area contributed by atoms with Gasteiger partial charge in [0.2, 0.25) is 0 Å². The molecule has 0 aromatic heterocycles. The number of nitrogens with zero attached hydrogens (tertiary/aromatic N) is 1. The maximum atomic E-state index is 6.03. The van der Waals surface area contributed by atoms with Crippen LogP contribution in [0.3, 0.4) is 0 Å². The Balaban J connectivity index is 2.21. The van der Waals surface area contributed by atoms with Crippen LogP contribution < -0.4 is 10.3 Å². The smallest absolute Gasteiger partial charge is 0.0756 e. The highest BCUT2D eigenvalue weighted by molar-refractivity contribution is 8.25. The van der Waals surface area contributed by atoms with Gasteiger partial charge in [0.25, 0.3) is 0 Å². The summed E-state index contributed by atoms with van der Waals surface area (Å²) in [5, 5.41) is 2.03. The maximum Gasteiger partial charge on any atom is 0.0756 e. The molecule has 2 rings (SSSR count). The molecule has 0 amide bonds. The van der Waals surface area contributed by atoms with E-state index in [4.69, 9.17) is 17.4 Å². The van der Waals surface area contributed by atoms with Crippen molar-refractivity contribution in [2.45, 2.75) is 0 Å². The second-order valence-electron chi connectivity index (χ2n) is 2.86. The molecule has 0 radical (unpaired) electrons. The van der Waals surface area contributed by atoms with E-state index >= 15 is 0 Å². The van der Waals surface area contributed by atoms with Crippen molar-refractivity contribution in [1.82, 2.24) is 0 Å². The minimum absolute atomic E-state index is 0.687. The van der Waals surface area contributed by atoms with Crippen molar-refractivity contribution in [1.29, 1.82) is 0 Å². The summed E-state index contributed by atoms with van der Waals surface area (Å²) < 4.78 is 2.53. The summed E-state index contributed by atoms with van der Waals surface area (Å²) >= 11 is 5.34. The number of thiol groups is 1. The lowest BCUT2D eigenvalue weighted by molar-refractivity contribution is 1.21. The monoisotopic (exact) mass is 226 g/mol. The molecule has 2 N–H and O–H groups in total. The van der Waals surface area contributed by atoms with Gasteiger partial charge < -0.3 is 0 Å². The standard InChI is InChI=1S/C10H11ClN2S/c11-10-7-4-8-14(10)13(12)9-5-2-1-3-6-9/h1-8,14H,12H2. The molecule has 1 aromatic carbocycles. The molecule has 0 bridgehead atoms. The van der Waals surface area contributed by atoms with Crippen molar-refractivity contribution in [3.05, 3.63) is 52.3 Å². The fourth-order valence-corrected chi connectivity index (χ4v) is 3.08. The molecule has 1 heterocycles. The molecule has 1 aliphatic rings. The predicted octanol–water partition coefficient (Wildman–Crippen LogP) is 2.89. The van der Waals surface area contributed by atoms with Crippen LogP contribution in [0.1, 0.15) is 0 Å². The fraction of sp³-hybridized carbons (Fsp3) is 0. The molecule has 0 spiro atoms. The Kier molecular flexibility index (Phi) is 2.82. The average molecular weight is 227 g/mol. The molecule has 1 aliphatic heterocycles. The second kappa shape index (κ2) is 4.09. The Morgan fingerprint density at radius 1 is 1.21 bits per heavy atom. The molecule has 14 heavy (non-hydrogen) atoms. The molecule has 0 saturated carbocycles. The van der Waals surface area contributed by atoms with Gasteiger partial charge in [0.15, 0.2) is 0 Å². The minimum Gasteiger partial charge on any atom is -0.267 e. The highest BCUT2D eigenvalue weighted by Crippen LogP contribution is 2.46. The van der Waals surface area contributed by atoms with Crippen molar-refractivity contribution in [3.8, 4) is 0 Å². The van der Waals surface area contributed by atoms with E-state index < -0.39 is 11.1 Å². The molecule has 4 heteroatoms. The van der Waals surface area contributed by atoms with Gasteiger partial charge in [-0.3, -0.25) is 4.41 Å². The van der Waals surface area contributed by atoms with E-state index in [1.807, 2.05) is 47.9 Å². The molecule has 1 aromatic rings. The van der Waals surface area contributed by atoms with Gasteiger partial charge in [0.05, 0.1) is 10.1 Å². The number of benzene rings is 1. The number of allylic oxidation sites excluding steroid dienone is 2. The Bertz CT molecular complexity index is 375. The number of hydrogen-bond donors (Lipinski definition) is 2. The number of anilines is 1. The van der Waals surface area contributed by atoms with Crippen LogP contribution in [-0.4, -0.2) is 0 Å². The van der Waals surface area contributed by atoms with Crippen LogP contribution in [0.25, 0.3) is 0 Å². The van der Waals surface area contributed by atoms with E-state index in [9.17, 15) is 0 Å². The van der Waals surface area contributed by atoms with Crippen LogP contribution >= 0.6 is 22.7 Å². The summed E-state index contributed by atoms with van der Waals surface area (Å²) in [4.78, 5) is 0. The van der Waals surface area contributed by atoms with Crippen molar-refractivity contribution in [3.63, 3.8) is 0 Å². The first-order valence-electron chi connectivity index (χ1n) is 4.22. The first-order valence-corrected chi connectivity index (χ1v) is 5.96. The average Bonchev–Trinajstić information content (AvgIpc) is 2.65. The van der Waals surface area contributed by atoms with Gasteiger partial charge in [-0.1, -0.05) is 35.9 Å². The van der Waals surface area contributed by atoms with E-state index in [0.29, 0.717) is 0 Å². The summed E-state index contributed by atoms with van der Waals surface area (Å²) in [6, 6.07) is 9.83. The number of hydrogen-bond acceptors (Lipinski definition) is 2. The Morgan fingerprint density at radius 2 is 1.93 bits per heavy atom. The first-order chi connectivity index (χ1) is 6.79. The number of para-hydroxylation sites is 1. The zero-order chi connectivity index (χ0) is 9.97. The summed E-state index contributed by atoms with van der Waals surface area (Å²) in [6.45, 7) is 0. The van der Waals surface area contributed by atoms with Crippen LogP contribution in [0.2, 0.25) is 0 Å². The number of nitrogens with two attached hydrogens (primary N) is 1. The molecule has 74 valence electrons. The summed E-state index contributed by atoms with van der Waals surface area (Å²) in [7, 11) is 0. The zero-order valence-electron chi connectivity index (χ0n) is 7.47. The van der Waals surface area contributed by atoms with Crippen molar-refractivity contribution < 1.29 is 0 Å². The molecule has 1 atom stereocenters. The van der Waals surface area contributed by atoms with E-state index in [1.54, 1.807) is 4.41 Å². The van der Waals surface area contributed by atoms with Crippen LogP contribution in [0.5, 0.6) is 0 Å². The van der Waals surface area contributed by atoms with Crippen LogP contribution in [0.4, 0.5) is 5.69 Å². The molecule has 0 saturated heterocycles. The summed E-state index contributed by atoms with van der Waals surface area (Å²) in [5.41, 5.74) is 0.983. The highest BCUT2D eigenvalue weighted by atomic mass is 35.5. The SMILES string of the molecule is NN(c1ccccc1)[SH]1C=CC=C1Cl. The third-order valence-corrected chi connectivity index (χ3v) is 4.31. The lowest BCUT2D eigenvalue weighted by atomic mass is 10.3. The molecule has 1 unspecified atom stereocenters. The van der Waals surface area contributed by atoms with E-state index in [0.717, 1.165) is 10.1 Å². The summed E-state index contributed by atoms with van der Waals surface area (Å²) in [6.07, 6.45) is 3.83. The van der Waals surface area contributed by atoms with Gasteiger partial charge >= 0.3 is 0 Å². The van der Waals surface area contributed by atoms with Crippen LogP contribution in [0.15, 0.2) is 52.3 Å². The van der Waals surface area contributed by atoms with Crippen LogP contribution in [-0.2, 0) is 0 Å². The molecule has 0 fully saturated rings. The van der Waals surface area contributed by atoms with Gasteiger partial charge in [0.1, 0.15) is 0 Å². The Hall–Kier alpha value is -0.900. The lowest BCUT2D eigenvalue weighted by Crippen LogP contribution is -2.25. The molecule has 2 nitrogen and oxygen atoms in total. The van der Waals surface area contributed by atoms with E-state index in [-0.39, 0.29) is 0 Å².